The third kappa shape index (κ3) is 3.19. The first-order valence-electron chi connectivity index (χ1n) is 7.16. The summed E-state index contributed by atoms with van der Waals surface area (Å²) in [6.45, 7) is 3.89. The highest BCUT2D eigenvalue weighted by Gasteiger charge is 2.11. The Labute approximate surface area is 124 Å². The Morgan fingerprint density at radius 2 is 1.95 bits per heavy atom. The monoisotopic (exact) mass is 285 g/mol. The van der Waals surface area contributed by atoms with E-state index in [4.69, 9.17) is 0 Å². The molecule has 1 aromatic heterocycles. The van der Waals surface area contributed by atoms with Crippen molar-refractivity contribution in [1.29, 1.82) is 0 Å². The van der Waals surface area contributed by atoms with Crippen LogP contribution in [0.1, 0.15) is 30.0 Å². The third-order valence-corrected chi connectivity index (χ3v) is 4.42. The van der Waals surface area contributed by atoms with Gasteiger partial charge in [-0.25, -0.2) is 9.97 Å². The molecular formula is C16H19N3S. The van der Waals surface area contributed by atoms with Gasteiger partial charge in [0, 0.05) is 29.4 Å². The Kier molecular flexibility index (Phi) is 4.33. The number of hydrogen-bond acceptors (Lipinski definition) is 4. The van der Waals surface area contributed by atoms with Crippen molar-refractivity contribution in [3.05, 3.63) is 47.3 Å². The van der Waals surface area contributed by atoms with Gasteiger partial charge in [-0.3, -0.25) is 0 Å². The lowest BCUT2D eigenvalue weighted by atomic mass is 10.1. The maximum atomic E-state index is 4.43. The van der Waals surface area contributed by atoms with Crippen LogP contribution < -0.4 is 5.32 Å². The largest absolute Gasteiger partial charge is 0.313 e. The van der Waals surface area contributed by atoms with E-state index in [9.17, 15) is 0 Å². The normalized spacial score (nSPS) is 13.4. The van der Waals surface area contributed by atoms with Crippen molar-refractivity contribution >= 4 is 11.8 Å². The molecule has 3 nitrogen and oxygen atoms in total. The summed E-state index contributed by atoms with van der Waals surface area (Å²) in [6, 6.07) is 6.73. The van der Waals surface area contributed by atoms with Crippen molar-refractivity contribution < 1.29 is 0 Å². The number of fused-ring (bicyclic) bond motifs is 1. The molecule has 1 N–H and O–H groups in total. The number of benzene rings is 1. The fourth-order valence-corrected chi connectivity index (χ4v) is 3.23. The van der Waals surface area contributed by atoms with Gasteiger partial charge in [-0.2, -0.15) is 0 Å². The molecule has 0 saturated heterocycles. The average molecular weight is 285 g/mol. The van der Waals surface area contributed by atoms with Gasteiger partial charge in [0.25, 0.3) is 0 Å². The van der Waals surface area contributed by atoms with Crippen LogP contribution in [0.3, 0.4) is 0 Å². The molecule has 0 spiro atoms. The minimum atomic E-state index is 0.822. The molecule has 4 heteroatoms. The van der Waals surface area contributed by atoms with Gasteiger partial charge in [0.05, 0.1) is 0 Å². The SMILES string of the molecule is CCNCc1cnc(Sc2ccc3c(c2)CCC3)nc1. The highest BCUT2D eigenvalue weighted by Crippen LogP contribution is 2.30. The fourth-order valence-electron chi connectivity index (χ4n) is 2.47. The van der Waals surface area contributed by atoms with Gasteiger partial charge in [0.15, 0.2) is 5.16 Å². The zero-order valence-electron chi connectivity index (χ0n) is 11.7. The van der Waals surface area contributed by atoms with Gasteiger partial charge in [-0.05, 0) is 60.8 Å². The van der Waals surface area contributed by atoms with Crippen LogP contribution in [0.4, 0.5) is 0 Å². The summed E-state index contributed by atoms with van der Waals surface area (Å²) in [5.74, 6) is 0. The molecule has 1 aromatic carbocycles. The molecule has 20 heavy (non-hydrogen) atoms. The molecule has 1 aliphatic carbocycles. The number of nitrogens with zero attached hydrogens (tertiary/aromatic N) is 2. The molecule has 0 atom stereocenters. The Morgan fingerprint density at radius 3 is 2.75 bits per heavy atom. The van der Waals surface area contributed by atoms with Crippen molar-refractivity contribution in [2.75, 3.05) is 6.54 Å². The summed E-state index contributed by atoms with van der Waals surface area (Å²) in [7, 11) is 0. The standard InChI is InChI=1S/C16H19N3S/c1-2-17-9-12-10-18-16(19-11-12)20-15-7-6-13-4-3-5-14(13)8-15/h6-8,10-11,17H,2-5,9H2,1H3. The lowest BCUT2D eigenvalue weighted by Gasteiger charge is -2.05. The Balaban J connectivity index is 1.68. The van der Waals surface area contributed by atoms with Gasteiger partial charge in [-0.1, -0.05) is 13.0 Å². The van der Waals surface area contributed by atoms with E-state index in [-0.39, 0.29) is 0 Å². The summed E-state index contributed by atoms with van der Waals surface area (Å²) in [5.41, 5.74) is 4.14. The summed E-state index contributed by atoms with van der Waals surface area (Å²) in [5, 5.41) is 4.10. The molecule has 0 fully saturated rings. The van der Waals surface area contributed by atoms with Gasteiger partial charge >= 0.3 is 0 Å². The number of nitrogens with one attached hydrogen (secondary N) is 1. The first-order valence-corrected chi connectivity index (χ1v) is 7.98. The first kappa shape index (κ1) is 13.6. The van der Waals surface area contributed by atoms with Crippen LogP contribution in [0.5, 0.6) is 0 Å². The first-order chi connectivity index (χ1) is 9.85. The van der Waals surface area contributed by atoms with Crippen molar-refractivity contribution in [2.24, 2.45) is 0 Å². The van der Waals surface area contributed by atoms with Crippen molar-refractivity contribution in [2.45, 2.75) is 42.8 Å². The molecule has 0 aliphatic heterocycles. The van der Waals surface area contributed by atoms with E-state index in [0.717, 1.165) is 23.8 Å². The summed E-state index contributed by atoms with van der Waals surface area (Å²) in [6.07, 6.45) is 7.55. The Bertz CT molecular complexity index is 581. The molecule has 0 radical (unpaired) electrons. The van der Waals surface area contributed by atoms with Crippen molar-refractivity contribution in [3.63, 3.8) is 0 Å². The topological polar surface area (TPSA) is 37.8 Å². The average Bonchev–Trinajstić information content (AvgIpc) is 2.94. The highest BCUT2D eigenvalue weighted by atomic mass is 32.2. The second-order valence-electron chi connectivity index (χ2n) is 5.04. The smallest absolute Gasteiger partial charge is 0.192 e. The summed E-state index contributed by atoms with van der Waals surface area (Å²) in [4.78, 5) is 10.1. The van der Waals surface area contributed by atoms with E-state index in [1.165, 1.54) is 35.3 Å². The van der Waals surface area contributed by atoms with E-state index in [0.29, 0.717) is 0 Å². The maximum absolute atomic E-state index is 4.43. The van der Waals surface area contributed by atoms with E-state index >= 15 is 0 Å². The number of aromatic nitrogens is 2. The second-order valence-corrected chi connectivity index (χ2v) is 6.08. The lowest BCUT2D eigenvalue weighted by molar-refractivity contribution is 0.716. The van der Waals surface area contributed by atoms with Gasteiger partial charge in [-0.15, -0.1) is 0 Å². The van der Waals surface area contributed by atoms with Crippen LogP contribution in [-0.2, 0) is 19.4 Å². The maximum Gasteiger partial charge on any atom is 0.192 e. The van der Waals surface area contributed by atoms with Crippen LogP contribution in [-0.4, -0.2) is 16.5 Å². The summed E-state index contributed by atoms with van der Waals surface area (Å²) < 4.78 is 0. The third-order valence-electron chi connectivity index (χ3n) is 3.54. The van der Waals surface area contributed by atoms with E-state index in [2.05, 4.69) is 40.4 Å². The molecule has 0 saturated carbocycles. The van der Waals surface area contributed by atoms with E-state index in [1.807, 2.05) is 12.4 Å². The second kappa shape index (κ2) is 6.37. The van der Waals surface area contributed by atoms with Crippen molar-refractivity contribution in [1.82, 2.24) is 15.3 Å². The minimum absolute atomic E-state index is 0.822. The molecule has 1 aliphatic rings. The predicted molar refractivity (Wildman–Crippen MR) is 82.0 cm³/mol. The Morgan fingerprint density at radius 1 is 1.15 bits per heavy atom. The molecule has 2 aromatic rings. The lowest BCUT2D eigenvalue weighted by Crippen LogP contribution is -2.12. The molecule has 1 heterocycles. The highest BCUT2D eigenvalue weighted by molar-refractivity contribution is 7.99. The molecule has 104 valence electrons. The Hall–Kier alpha value is -1.39. The molecule has 0 bridgehead atoms. The quantitative estimate of drug-likeness (QED) is 0.856. The number of hydrogen-bond donors (Lipinski definition) is 1. The van der Waals surface area contributed by atoms with Gasteiger partial charge < -0.3 is 5.32 Å². The minimum Gasteiger partial charge on any atom is -0.313 e. The van der Waals surface area contributed by atoms with E-state index < -0.39 is 0 Å². The van der Waals surface area contributed by atoms with E-state index in [1.54, 1.807) is 11.8 Å². The molecule has 0 amide bonds. The summed E-state index contributed by atoms with van der Waals surface area (Å²) >= 11 is 1.64. The number of aryl methyl sites for hydroxylation is 2. The van der Waals surface area contributed by atoms with Crippen LogP contribution in [0.25, 0.3) is 0 Å². The zero-order valence-corrected chi connectivity index (χ0v) is 12.5. The molecule has 3 rings (SSSR count). The molecule has 0 unspecified atom stereocenters. The van der Waals surface area contributed by atoms with Crippen molar-refractivity contribution in [3.8, 4) is 0 Å². The van der Waals surface area contributed by atoms with Crippen LogP contribution in [0.2, 0.25) is 0 Å². The van der Waals surface area contributed by atoms with Crippen LogP contribution >= 0.6 is 11.8 Å². The number of rotatable bonds is 5. The predicted octanol–water partition coefficient (Wildman–Crippen LogP) is 3.23. The fraction of sp³-hybridized carbons (Fsp3) is 0.375. The van der Waals surface area contributed by atoms with Gasteiger partial charge in [0.1, 0.15) is 0 Å². The molecular weight excluding hydrogens is 266 g/mol. The van der Waals surface area contributed by atoms with Crippen LogP contribution in [0.15, 0.2) is 40.6 Å². The van der Waals surface area contributed by atoms with Crippen LogP contribution in [0, 0.1) is 0 Å². The zero-order chi connectivity index (χ0) is 13.8. The van der Waals surface area contributed by atoms with Gasteiger partial charge in [0.2, 0.25) is 0 Å².